The van der Waals surface area contributed by atoms with Gasteiger partial charge >= 0.3 is 5.97 Å². The van der Waals surface area contributed by atoms with Gasteiger partial charge in [0.2, 0.25) is 53.2 Å². The molecule has 2 aromatic carbocycles. The first-order chi connectivity index (χ1) is 36.8. The number of carbonyl (C=O) groups excluding carboxylic acids is 9. The molecule has 78 heavy (non-hydrogen) atoms. The average Bonchev–Trinajstić information content (AvgIpc) is 3.39. The van der Waals surface area contributed by atoms with Crippen molar-refractivity contribution >= 4 is 70.9 Å². The summed E-state index contributed by atoms with van der Waals surface area (Å²) in [6.45, 7) is 12.0. The van der Waals surface area contributed by atoms with Crippen LogP contribution < -0.4 is 59.7 Å². The largest absolute Gasteiger partial charge is 0.508 e. The maximum atomic E-state index is 14.4. The van der Waals surface area contributed by atoms with Gasteiger partial charge in [-0.05, 0) is 111 Å². The number of amides is 9. The van der Waals surface area contributed by atoms with Crippen molar-refractivity contribution in [2.75, 3.05) is 18.6 Å². The molecule has 0 aliphatic heterocycles. The number of aliphatic carboxylic acids is 1. The fourth-order valence-corrected chi connectivity index (χ4v) is 8.52. The highest BCUT2D eigenvalue weighted by Gasteiger charge is 2.36. The van der Waals surface area contributed by atoms with Gasteiger partial charge in [-0.3, -0.25) is 43.2 Å². The lowest BCUT2D eigenvalue weighted by Gasteiger charge is -2.29. The summed E-state index contributed by atoms with van der Waals surface area (Å²) in [7, 11) is 0. The Balaban J connectivity index is 2.46. The number of phenolic OH excluding ortho intramolecular Hbond substituents is 1. The Morgan fingerprint density at radius 2 is 1.06 bits per heavy atom. The summed E-state index contributed by atoms with van der Waals surface area (Å²) in [6.07, 6.45) is 2.55. The van der Waals surface area contributed by atoms with Crippen LogP contribution in [0.4, 0.5) is 0 Å². The van der Waals surface area contributed by atoms with E-state index in [1.54, 1.807) is 34.0 Å². The number of unbranched alkanes of at least 4 members (excludes halogenated alkanes) is 1. The van der Waals surface area contributed by atoms with Gasteiger partial charge in [0.1, 0.15) is 54.1 Å². The minimum Gasteiger partial charge on any atom is -0.508 e. The Morgan fingerprint density at radius 1 is 0.564 bits per heavy atom. The lowest BCUT2D eigenvalue weighted by molar-refractivity contribution is -0.143. The average molecular weight is 1110 g/mol. The molecule has 434 valence electrons. The Labute approximate surface area is 462 Å². The maximum absolute atomic E-state index is 14.4. The van der Waals surface area contributed by atoms with Gasteiger partial charge < -0.3 is 69.9 Å². The van der Waals surface area contributed by atoms with Gasteiger partial charge in [-0.25, -0.2) is 4.79 Å². The molecule has 0 fully saturated rings. The molecular weight excluding hydrogens is 1030 g/mol. The van der Waals surface area contributed by atoms with E-state index in [9.17, 15) is 58.2 Å². The molecule has 0 aliphatic rings. The van der Waals surface area contributed by atoms with Crippen molar-refractivity contribution in [3.05, 3.63) is 65.7 Å². The van der Waals surface area contributed by atoms with Crippen molar-refractivity contribution in [2.45, 2.75) is 167 Å². The second kappa shape index (κ2) is 34.9. The smallest absolute Gasteiger partial charge is 0.326 e. The zero-order valence-electron chi connectivity index (χ0n) is 46.2. The van der Waals surface area contributed by atoms with Crippen LogP contribution in [0.15, 0.2) is 54.6 Å². The highest BCUT2D eigenvalue weighted by Crippen LogP contribution is 2.16. The summed E-state index contributed by atoms with van der Waals surface area (Å²) in [5.74, 6) is -8.99. The van der Waals surface area contributed by atoms with Crippen LogP contribution in [0.3, 0.4) is 0 Å². The summed E-state index contributed by atoms with van der Waals surface area (Å²) < 4.78 is 0. The molecule has 24 heteroatoms. The van der Waals surface area contributed by atoms with E-state index in [2.05, 4.69) is 42.5 Å². The summed E-state index contributed by atoms with van der Waals surface area (Å²) in [5, 5.41) is 40.7. The Morgan fingerprint density at radius 3 is 1.59 bits per heavy atom. The van der Waals surface area contributed by atoms with E-state index in [1.807, 2.05) is 44.2 Å². The molecule has 2 rings (SSSR count). The van der Waals surface area contributed by atoms with Crippen LogP contribution in [0.5, 0.6) is 5.75 Å². The number of nitrogens with two attached hydrogens (primary N) is 3. The normalized spacial score (nSPS) is 15.1. The van der Waals surface area contributed by atoms with Crippen molar-refractivity contribution < 1.29 is 58.2 Å². The number of benzene rings is 2. The summed E-state index contributed by atoms with van der Waals surface area (Å²) in [4.78, 5) is 135. The monoisotopic (exact) mass is 1110 g/mol. The van der Waals surface area contributed by atoms with Gasteiger partial charge in [-0.1, -0.05) is 90.4 Å². The first-order valence-electron chi connectivity index (χ1n) is 26.5. The van der Waals surface area contributed by atoms with Crippen molar-refractivity contribution in [3.63, 3.8) is 0 Å². The molecule has 0 aromatic heterocycles. The van der Waals surface area contributed by atoms with Gasteiger partial charge in [0, 0.05) is 12.8 Å². The third kappa shape index (κ3) is 24.3. The molecule has 0 radical (unpaired) electrons. The molecule has 16 N–H and O–H groups in total. The number of nitrogens with one attached hydrogen (secondary N) is 8. The first kappa shape index (κ1) is 67.3. The number of primary amides is 1. The fraction of sp³-hybridized carbons (Fsp3) is 0.593. The quantitative estimate of drug-likeness (QED) is 0.0411. The Bertz CT molecular complexity index is 2290. The standard InChI is InChI=1S/C54H85N11O12S/c1-9-32(6)45(53(75)58-33(7)46(68)64-44(31(4)5)54(76)77)65-50(72)38(17-13-14-25-55)59-49(71)40(24-26-78-8)61-48(70)39(22-23-43(57)67)60-52(74)42(29-35-18-20-36(66)21-19-35)63-51(73)41(27-30(2)3)62-47(69)37(56)28-34-15-11-10-12-16-34/h10-12,15-16,18-21,30-33,37-42,44-45,66H,9,13-14,17,22-29,55-56H2,1-8H3,(H2,57,67)(H,58,75)(H,59,71)(H,60,74)(H,61,70)(H,62,69)(H,63,73)(H,64,68)(H,65,72)(H,76,77)/t32-,33-,37-,38-,39-,40-,41-,42-,44-,45-/m0/s1. The fourth-order valence-electron chi connectivity index (χ4n) is 8.05. The molecule has 0 spiro atoms. The number of phenols is 1. The minimum atomic E-state index is -1.51. The second-order valence-electron chi connectivity index (χ2n) is 20.3. The number of rotatable bonds is 36. The molecule has 0 heterocycles. The number of carboxylic acids is 1. The predicted octanol–water partition coefficient (Wildman–Crippen LogP) is 0.383. The van der Waals surface area contributed by atoms with E-state index in [1.165, 1.54) is 43.0 Å². The number of carboxylic acid groups (broad SMARTS) is 1. The molecule has 0 bridgehead atoms. The highest BCUT2D eigenvalue weighted by atomic mass is 32.2. The minimum absolute atomic E-state index is 0.0290. The van der Waals surface area contributed by atoms with Crippen molar-refractivity contribution in [1.82, 2.24) is 42.5 Å². The topological polar surface area (TPSA) is 385 Å². The Hall–Kier alpha value is -6.79. The van der Waals surface area contributed by atoms with E-state index >= 15 is 0 Å². The number of aromatic hydroxyl groups is 1. The number of carbonyl (C=O) groups is 10. The third-order valence-corrected chi connectivity index (χ3v) is 13.5. The van der Waals surface area contributed by atoms with Crippen LogP contribution in [0.2, 0.25) is 0 Å². The molecule has 0 saturated heterocycles. The van der Waals surface area contributed by atoms with Crippen molar-refractivity contribution in [3.8, 4) is 5.75 Å². The van der Waals surface area contributed by atoms with Crippen molar-refractivity contribution in [1.29, 1.82) is 0 Å². The lowest BCUT2D eigenvalue weighted by Crippen LogP contribution is -2.61. The van der Waals surface area contributed by atoms with Crippen molar-refractivity contribution in [2.24, 2.45) is 35.0 Å². The summed E-state index contributed by atoms with van der Waals surface area (Å²) >= 11 is 1.36. The number of hydrogen-bond acceptors (Lipinski definition) is 14. The summed E-state index contributed by atoms with van der Waals surface area (Å²) in [6, 6.07) is 3.62. The number of thioether (sulfide) groups is 1. The molecule has 23 nitrogen and oxygen atoms in total. The third-order valence-electron chi connectivity index (χ3n) is 12.9. The molecule has 10 atom stereocenters. The molecule has 0 saturated carbocycles. The van der Waals surface area contributed by atoms with Gasteiger partial charge in [0.05, 0.1) is 6.04 Å². The predicted molar refractivity (Wildman–Crippen MR) is 297 cm³/mol. The van der Waals surface area contributed by atoms with Crippen LogP contribution in [0.1, 0.15) is 111 Å². The van der Waals surface area contributed by atoms with Gasteiger partial charge in [0.25, 0.3) is 0 Å². The first-order valence-corrected chi connectivity index (χ1v) is 27.9. The molecule has 0 aliphatic carbocycles. The van der Waals surface area contributed by atoms with Crippen LogP contribution in [0.25, 0.3) is 0 Å². The number of hydrogen-bond donors (Lipinski definition) is 13. The summed E-state index contributed by atoms with van der Waals surface area (Å²) in [5.41, 5.74) is 18.8. The zero-order chi connectivity index (χ0) is 58.6. The lowest BCUT2D eigenvalue weighted by atomic mass is 9.97. The van der Waals surface area contributed by atoms with Gasteiger partial charge in [0.15, 0.2) is 0 Å². The maximum Gasteiger partial charge on any atom is 0.326 e. The van der Waals surface area contributed by atoms with E-state index in [0.717, 1.165) is 5.56 Å². The van der Waals surface area contributed by atoms with Gasteiger partial charge in [-0.2, -0.15) is 11.8 Å². The Kier molecular flexibility index (Phi) is 30.1. The second-order valence-corrected chi connectivity index (χ2v) is 21.3. The SMILES string of the molecule is CC[C@H](C)[C@H](NC(=O)[C@H](CCCCN)NC(=O)[C@H](CCSC)NC(=O)[C@H](CCC(N)=O)NC(=O)[C@H](Cc1ccc(O)cc1)NC(=O)[C@H](CC(C)C)NC(=O)[C@@H](N)Cc1ccccc1)C(=O)N[C@@H](C)C(=O)N[C@H](C(=O)O)C(C)C. The molecular formula is C54H85N11O12S. The highest BCUT2D eigenvalue weighted by molar-refractivity contribution is 7.98. The van der Waals surface area contributed by atoms with Crippen LogP contribution in [-0.4, -0.2) is 142 Å². The van der Waals surface area contributed by atoms with Crippen LogP contribution in [0, 0.1) is 17.8 Å². The molecule has 0 unspecified atom stereocenters. The van der Waals surface area contributed by atoms with Crippen LogP contribution in [-0.2, 0) is 60.8 Å². The molecule has 9 amide bonds. The van der Waals surface area contributed by atoms with E-state index in [4.69, 9.17) is 17.2 Å². The molecule has 2 aromatic rings. The van der Waals surface area contributed by atoms with E-state index in [0.29, 0.717) is 30.6 Å². The van der Waals surface area contributed by atoms with E-state index < -0.39 is 125 Å². The van der Waals surface area contributed by atoms with Gasteiger partial charge in [-0.15, -0.1) is 0 Å². The van der Waals surface area contributed by atoms with E-state index in [-0.39, 0.29) is 63.2 Å². The zero-order valence-corrected chi connectivity index (χ0v) is 47.0. The van der Waals surface area contributed by atoms with Crippen LogP contribution >= 0.6 is 11.8 Å².